The van der Waals surface area contributed by atoms with Gasteiger partial charge >= 0.3 is 0 Å². The van der Waals surface area contributed by atoms with Crippen LogP contribution in [-0.2, 0) is 11.2 Å². The van der Waals surface area contributed by atoms with Crippen LogP contribution in [0.5, 0.6) is 0 Å². The van der Waals surface area contributed by atoms with Crippen LogP contribution < -0.4 is 10.6 Å². The molecular formula is C14H19N3O3. The third-order valence-electron chi connectivity index (χ3n) is 3.31. The van der Waals surface area contributed by atoms with Gasteiger partial charge in [-0.05, 0) is 25.3 Å². The van der Waals surface area contributed by atoms with Crippen molar-refractivity contribution in [2.24, 2.45) is 0 Å². The first-order valence-electron chi connectivity index (χ1n) is 6.90. The topological polar surface area (TPSA) is 84.3 Å². The highest BCUT2D eigenvalue weighted by atomic mass is 16.6. The summed E-state index contributed by atoms with van der Waals surface area (Å²) < 4.78 is 0. The molecule has 108 valence electrons. The van der Waals surface area contributed by atoms with E-state index in [1.807, 2.05) is 6.92 Å². The first kappa shape index (κ1) is 14.5. The predicted octanol–water partition coefficient (Wildman–Crippen LogP) is 2.24. The first-order chi connectivity index (χ1) is 9.60. The molecule has 0 saturated heterocycles. The number of benzene rings is 1. The summed E-state index contributed by atoms with van der Waals surface area (Å²) in [4.78, 5) is 22.3. The average molecular weight is 277 g/mol. The molecule has 1 fully saturated rings. The minimum atomic E-state index is -0.414. The molecule has 0 radical (unpaired) electrons. The number of nitro benzene ring substituents is 1. The Labute approximate surface area is 117 Å². The maximum atomic E-state index is 11.7. The van der Waals surface area contributed by atoms with Crippen LogP contribution in [0.25, 0.3) is 0 Å². The van der Waals surface area contributed by atoms with E-state index in [-0.39, 0.29) is 11.6 Å². The number of nitro groups is 1. The third-order valence-corrected chi connectivity index (χ3v) is 3.31. The van der Waals surface area contributed by atoms with E-state index in [0.717, 1.165) is 0 Å². The molecule has 6 nitrogen and oxygen atoms in total. The number of hydrogen-bond acceptors (Lipinski definition) is 4. The van der Waals surface area contributed by atoms with Gasteiger partial charge in [-0.25, -0.2) is 0 Å². The summed E-state index contributed by atoms with van der Waals surface area (Å²) in [6, 6.07) is 5.40. The Morgan fingerprint density at radius 2 is 2.20 bits per heavy atom. The molecule has 0 atom stereocenters. The summed E-state index contributed by atoms with van der Waals surface area (Å²) in [5.74, 6) is -0.128. The zero-order valence-electron chi connectivity index (χ0n) is 11.5. The fourth-order valence-electron chi connectivity index (χ4n) is 2.01. The second-order valence-electron chi connectivity index (χ2n) is 4.98. The lowest BCUT2D eigenvalue weighted by molar-refractivity contribution is -0.385. The smallest absolute Gasteiger partial charge is 0.274 e. The van der Waals surface area contributed by atoms with Gasteiger partial charge in [-0.15, -0.1) is 0 Å². The summed E-state index contributed by atoms with van der Waals surface area (Å²) in [6.45, 7) is 2.51. The standard InChI is InChI=1S/C14H19N3O3/c1-2-10-3-4-12(9-13(10)17(19)20)16-14(18)7-8-15-11-5-6-11/h3-4,9,11,15H,2,5-8H2,1H3,(H,16,18). The molecule has 1 aromatic rings. The van der Waals surface area contributed by atoms with Crippen LogP contribution in [0.1, 0.15) is 31.7 Å². The number of nitrogens with zero attached hydrogens (tertiary/aromatic N) is 1. The van der Waals surface area contributed by atoms with Gasteiger partial charge in [-0.2, -0.15) is 0 Å². The van der Waals surface area contributed by atoms with Crippen molar-refractivity contribution < 1.29 is 9.72 Å². The Hall–Kier alpha value is -1.95. The summed E-state index contributed by atoms with van der Waals surface area (Å²) in [7, 11) is 0. The van der Waals surface area contributed by atoms with Gasteiger partial charge in [-0.3, -0.25) is 14.9 Å². The molecule has 6 heteroatoms. The Morgan fingerprint density at radius 1 is 1.45 bits per heavy atom. The van der Waals surface area contributed by atoms with Crippen molar-refractivity contribution in [2.75, 3.05) is 11.9 Å². The number of amides is 1. The average Bonchev–Trinajstić information content (AvgIpc) is 3.22. The number of hydrogen-bond donors (Lipinski definition) is 2. The summed E-state index contributed by atoms with van der Waals surface area (Å²) in [6.07, 6.45) is 3.34. The van der Waals surface area contributed by atoms with Crippen LogP contribution in [0.2, 0.25) is 0 Å². The van der Waals surface area contributed by atoms with Gasteiger partial charge in [0.25, 0.3) is 5.69 Å². The monoisotopic (exact) mass is 277 g/mol. The maximum Gasteiger partial charge on any atom is 0.274 e. The van der Waals surface area contributed by atoms with Crippen LogP contribution in [-0.4, -0.2) is 23.4 Å². The molecule has 0 heterocycles. The van der Waals surface area contributed by atoms with Crippen molar-refractivity contribution >= 4 is 17.3 Å². The number of nitrogens with one attached hydrogen (secondary N) is 2. The predicted molar refractivity (Wildman–Crippen MR) is 76.7 cm³/mol. The minimum absolute atomic E-state index is 0.0569. The Balaban J connectivity index is 1.92. The number of aryl methyl sites for hydroxylation is 1. The van der Waals surface area contributed by atoms with Crippen LogP contribution >= 0.6 is 0 Å². The molecule has 20 heavy (non-hydrogen) atoms. The van der Waals surface area contributed by atoms with Crippen LogP contribution in [0.4, 0.5) is 11.4 Å². The molecular weight excluding hydrogens is 258 g/mol. The maximum absolute atomic E-state index is 11.7. The highest BCUT2D eigenvalue weighted by molar-refractivity contribution is 5.91. The molecule has 1 aliphatic rings. The summed E-state index contributed by atoms with van der Waals surface area (Å²) in [5, 5.41) is 16.9. The highest BCUT2D eigenvalue weighted by Crippen LogP contribution is 2.23. The van der Waals surface area contributed by atoms with Gasteiger partial charge < -0.3 is 10.6 Å². The van der Waals surface area contributed by atoms with Gasteiger partial charge in [-0.1, -0.05) is 13.0 Å². The minimum Gasteiger partial charge on any atom is -0.326 e. The SMILES string of the molecule is CCc1ccc(NC(=O)CCNC2CC2)cc1[N+](=O)[O-]. The number of carbonyl (C=O) groups is 1. The molecule has 0 aliphatic heterocycles. The number of rotatable bonds is 7. The zero-order chi connectivity index (χ0) is 14.5. The molecule has 1 aliphatic carbocycles. The van der Waals surface area contributed by atoms with E-state index >= 15 is 0 Å². The van der Waals surface area contributed by atoms with Gasteiger partial charge in [0, 0.05) is 36.3 Å². The van der Waals surface area contributed by atoms with E-state index in [9.17, 15) is 14.9 Å². The molecule has 1 saturated carbocycles. The Morgan fingerprint density at radius 3 is 2.80 bits per heavy atom. The van der Waals surface area contributed by atoms with Crippen LogP contribution in [0.3, 0.4) is 0 Å². The highest BCUT2D eigenvalue weighted by Gasteiger charge is 2.20. The summed E-state index contributed by atoms with van der Waals surface area (Å²) in [5.41, 5.74) is 1.20. The van der Waals surface area contributed by atoms with E-state index in [0.29, 0.717) is 36.7 Å². The lowest BCUT2D eigenvalue weighted by atomic mass is 10.1. The third kappa shape index (κ3) is 4.03. The molecule has 1 amide bonds. The van der Waals surface area contributed by atoms with E-state index in [4.69, 9.17) is 0 Å². The van der Waals surface area contributed by atoms with Crippen LogP contribution in [0.15, 0.2) is 18.2 Å². The van der Waals surface area contributed by atoms with Gasteiger partial charge in [0.15, 0.2) is 0 Å². The van der Waals surface area contributed by atoms with E-state index in [1.165, 1.54) is 18.9 Å². The van der Waals surface area contributed by atoms with Crippen molar-refractivity contribution in [3.05, 3.63) is 33.9 Å². The van der Waals surface area contributed by atoms with Gasteiger partial charge in [0.05, 0.1) is 4.92 Å². The van der Waals surface area contributed by atoms with Gasteiger partial charge in [0.1, 0.15) is 0 Å². The second kappa shape index (κ2) is 6.47. The first-order valence-corrected chi connectivity index (χ1v) is 6.90. The fourth-order valence-corrected chi connectivity index (χ4v) is 2.01. The van der Waals surface area contributed by atoms with Crippen molar-refractivity contribution in [1.82, 2.24) is 5.32 Å². The van der Waals surface area contributed by atoms with E-state index in [1.54, 1.807) is 12.1 Å². The molecule has 2 rings (SSSR count). The van der Waals surface area contributed by atoms with Crippen molar-refractivity contribution in [2.45, 2.75) is 38.6 Å². The quantitative estimate of drug-likeness (QED) is 0.591. The largest absolute Gasteiger partial charge is 0.326 e. The van der Waals surface area contributed by atoms with Crippen LogP contribution in [0, 0.1) is 10.1 Å². The lowest BCUT2D eigenvalue weighted by Gasteiger charge is -2.07. The Kier molecular flexibility index (Phi) is 4.68. The molecule has 0 bridgehead atoms. The molecule has 1 aromatic carbocycles. The number of carbonyl (C=O) groups excluding carboxylic acids is 1. The van der Waals surface area contributed by atoms with E-state index < -0.39 is 4.92 Å². The molecule has 2 N–H and O–H groups in total. The second-order valence-corrected chi connectivity index (χ2v) is 4.98. The van der Waals surface area contributed by atoms with Crippen molar-refractivity contribution in [1.29, 1.82) is 0 Å². The van der Waals surface area contributed by atoms with Crippen molar-refractivity contribution in [3.63, 3.8) is 0 Å². The molecule has 0 aromatic heterocycles. The molecule has 0 spiro atoms. The van der Waals surface area contributed by atoms with Gasteiger partial charge in [0.2, 0.25) is 5.91 Å². The molecule has 0 unspecified atom stereocenters. The lowest BCUT2D eigenvalue weighted by Crippen LogP contribution is -2.23. The normalized spacial score (nSPS) is 14.1. The number of anilines is 1. The summed E-state index contributed by atoms with van der Waals surface area (Å²) >= 11 is 0. The fraction of sp³-hybridized carbons (Fsp3) is 0.500. The van der Waals surface area contributed by atoms with Crippen molar-refractivity contribution in [3.8, 4) is 0 Å². The Bertz CT molecular complexity index is 512. The zero-order valence-corrected chi connectivity index (χ0v) is 11.5. The van der Waals surface area contributed by atoms with E-state index in [2.05, 4.69) is 10.6 Å².